The molecule has 0 unspecified atom stereocenters. The van der Waals surface area contributed by atoms with Gasteiger partial charge in [0, 0.05) is 10.9 Å². The van der Waals surface area contributed by atoms with Crippen LogP contribution in [0.2, 0.25) is 0 Å². The third-order valence-electron chi connectivity index (χ3n) is 4.35. The highest BCUT2D eigenvalue weighted by atomic mass is 32.1. The molecule has 0 aliphatic rings. The van der Waals surface area contributed by atoms with Crippen LogP contribution in [0.4, 0.5) is 9.52 Å². The number of carbonyl (C=O) groups excluding carboxylic acids is 1. The van der Waals surface area contributed by atoms with Crippen molar-refractivity contribution in [1.82, 2.24) is 4.98 Å². The van der Waals surface area contributed by atoms with Gasteiger partial charge < -0.3 is 9.47 Å². The van der Waals surface area contributed by atoms with Gasteiger partial charge in [0.15, 0.2) is 23.3 Å². The number of aromatic nitrogens is 1. The molecule has 5 nitrogen and oxygen atoms in total. The zero-order valence-corrected chi connectivity index (χ0v) is 17.6. The number of hydrogen-bond acceptors (Lipinski definition) is 5. The topological polar surface area (TPSA) is 60.5 Å². The van der Waals surface area contributed by atoms with Crippen LogP contribution in [0.1, 0.15) is 30.9 Å². The van der Waals surface area contributed by atoms with Gasteiger partial charge in [0.05, 0.1) is 12.8 Å². The van der Waals surface area contributed by atoms with Crippen molar-refractivity contribution in [2.75, 3.05) is 19.0 Å². The fourth-order valence-corrected chi connectivity index (χ4v) is 3.57. The Bertz CT molecular complexity index is 1020. The van der Waals surface area contributed by atoms with Crippen LogP contribution in [0, 0.1) is 12.7 Å². The Labute approximate surface area is 173 Å². The standard InChI is InChI=1S/C22H23FN2O3S/c1-13(2)16-7-5-14(3)9-20(16)28-11-21(26)25-22-24-18(12-29-22)15-6-8-19(27-4)17(23)10-15/h5-10,12-13H,11H2,1-4H3,(H,24,25,26). The molecule has 3 aromatic rings. The number of ether oxygens (including phenoxy) is 2. The van der Waals surface area contributed by atoms with Crippen LogP contribution in [0.3, 0.4) is 0 Å². The molecule has 0 atom stereocenters. The number of thiazole rings is 1. The average Bonchev–Trinajstić information content (AvgIpc) is 3.14. The van der Waals surface area contributed by atoms with Gasteiger partial charge in [-0.2, -0.15) is 0 Å². The average molecular weight is 415 g/mol. The number of rotatable bonds is 7. The number of hydrogen-bond donors (Lipinski definition) is 1. The number of amides is 1. The van der Waals surface area contributed by atoms with Crippen molar-refractivity contribution in [2.24, 2.45) is 0 Å². The van der Waals surface area contributed by atoms with E-state index >= 15 is 0 Å². The number of halogens is 1. The maximum absolute atomic E-state index is 13.9. The highest BCUT2D eigenvalue weighted by Gasteiger charge is 2.13. The van der Waals surface area contributed by atoms with Gasteiger partial charge in [-0.25, -0.2) is 9.37 Å². The second-order valence-electron chi connectivity index (χ2n) is 6.92. The van der Waals surface area contributed by atoms with E-state index in [2.05, 4.69) is 24.1 Å². The first-order valence-electron chi connectivity index (χ1n) is 9.20. The summed E-state index contributed by atoms with van der Waals surface area (Å²) in [7, 11) is 1.41. The lowest BCUT2D eigenvalue weighted by atomic mass is 10.0. The quantitative estimate of drug-likeness (QED) is 0.562. The molecule has 0 aliphatic heterocycles. The summed E-state index contributed by atoms with van der Waals surface area (Å²) < 4.78 is 24.6. The maximum Gasteiger partial charge on any atom is 0.264 e. The SMILES string of the molecule is COc1ccc(-c2csc(NC(=O)COc3cc(C)ccc3C(C)C)n2)cc1F. The van der Waals surface area contributed by atoms with E-state index < -0.39 is 5.82 Å². The molecular formula is C22H23FN2O3S. The summed E-state index contributed by atoms with van der Waals surface area (Å²) in [4.78, 5) is 16.6. The lowest BCUT2D eigenvalue weighted by Gasteiger charge is -2.14. The molecule has 0 aliphatic carbocycles. The van der Waals surface area contributed by atoms with E-state index in [0.717, 1.165) is 11.1 Å². The van der Waals surface area contributed by atoms with Gasteiger partial charge in [-0.1, -0.05) is 26.0 Å². The Morgan fingerprint density at radius 1 is 1.21 bits per heavy atom. The van der Waals surface area contributed by atoms with Gasteiger partial charge >= 0.3 is 0 Å². The Balaban J connectivity index is 1.64. The van der Waals surface area contributed by atoms with Crippen LogP contribution in [0.15, 0.2) is 41.8 Å². The Kier molecular flexibility index (Phi) is 6.49. The largest absolute Gasteiger partial charge is 0.494 e. The van der Waals surface area contributed by atoms with Crippen LogP contribution in [-0.4, -0.2) is 24.6 Å². The summed E-state index contributed by atoms with van der Waals surface area (Å²) in [5.74, 6) is 0.412. The number of methoxy groups -OCH3 is 1. The van der Waals surface area contributed by atoms with Crippen LogP contribution >= 0.6 is 11.3 Å². The monoisotopic (exact) mass is 414 g/mol. The highest BCUT2D eigenvalue weighted by Crippen LogP contribution is 2.29. The molecule has 3 rings (SSSR count). The van der Waals surface area contributed by atoms with Gasteiger partial charge in [0.1, 0.15) is 5.75 Å². The molecular weight excluding hydrogens is 391 g/mol. The molecule has 0 bridgehead atoms. The van der Waals surface area contributed by atoms with Gasteiger partial charge in [-0.15, -0.1) is 11.3 Å². The van der Waals surface area contributed by atoms with Crippen molar-refractivity contribution in [3.05, 3.63) is 58.7 Å². The molecule has 0 saturated heterocycles. The summed E-state index contributed by atoms with van der Waals surface area (Å²) in [5, 5.41) is 4.92. The molecule has 1 amide bonds. The van der Waals surface area contributed by atoms with E-state index in [4.69, 9.17) is 9.47 Å². The Hall–Kier alpha value is -2.93. The first-order chi connectivity index (χ1) is 13.9. The molecule has 1 heterocycles. The second-order valence-corrected chi connectivity index (χ2v) is 7.78. The van der Waals surface area contributed by atoms with Crippen molar-refractivity contribution in [2.45, 2.75) is 26.7 Å². The van der Waals surface area contributed by atoms with Crippen LogP contribution in [-0.2, 0) is 4.79 Å². The van der Waals surface area contributed by atoms with Crippen LogP contribution in [0.5, 0.6) is 11.5 Å². The Morgan fingerprint density at radius 3 is 2.69 bits per heavy atom. The molecule has 2 aromatic carbocycles. The second kappa shape index (κ2) is 9.05. The summed E-state index contributed by atoms with van der Waals surface area (Å²) in [5.41, 5.74) is 3.31. The fourth-order valence-electron chi connectivity index (χ4n) is 2.83. The third-order valence-corrected chi connectivity index (χ3v) is 5.11. The molecule has 1 N–H and O–H groups in total. The van der Waals surface area contributed by atoms with Crippen molar-refractivity contribution in [3.63, 3.8) is 0 Å². The van der Waals surface area contributed by atoms with E-state index in [1.807, 2.05) is 25.1 Å². The first kappa shape index (κ1) is 20.8. The van der Waals surface area contributed by atoms with Crippen LogP contribution < -0.4 is 14.8 Å². The van der Waals surface area contributed by atoms with E-state index in [9.17, 15) is 9.18 Å². The van der Waals surface area contributed by atoms with Crippen molar-refractivity contribution in [3.8, 4) is 22.8 Å². The third kappa shape index (κ3) is 5.12. The Morgan fingerprint density at radius 2 is 2.00 bits per heavy atom. The summed E-state index contributed by atoms with van der Waals surface area (Å²) in [6.45, 7) is 6.03. The number of aryl methyl sites for hydroxylation is 1. The lowest BCUT2D eigenvalue weighted by Crippen LogP contribution is -2.20. The van der Waals surface area contributed by atoms with E-state index in [1.54, 1.807) is 17.5 Å². The minimum Gasteiger partial charge on any atom is -0.494 e. The molecule has 1 aromatic heterocycles. The summed E-state index contributed by atoms with van der Waals surface area (Å²) >= 11 is 1.27. The molecule has 0 saturated carbocycles. The van der Waals surface area contributed by atoms with Crippen LogP contribution in [0.25, 0.3) is 11.3 Å². The van der Waals surface area contributed by atoms with E-state index in [-0.39, 0.29) is 18.3 Å². The lowest BCUT2D eigenvalue weighted by molar-refractivity contribution is -0.118. The smallest absolute Gasteiger partial charge is 0.264 e. The number of anilines is 1. The summed E-state index contributed by atoms with van der Waals surface area (Å²) in [6, 6.07) is 10.6. The first-order valence-corrected chi connectivity index (χ1v) is 10.1. The predicted molar refractivity (Wildman–Crippen MR) is 113 cm³/mol. The maximum atomic E-state index is 13.9. The molecule has 152 valence electrons. The van der Waals surface area contributed by atoms with E-state index in [1.165, 1.54) is 24.5 Å². The van der Waals surface area contributed by atoms with E-state index in [0.29, 0.717) is 28.1 Å². The molecule has 7 heteroatoms. The fraction of sp³-hybridized carbons (Fsp3) is 0.273. The highest BCUT2D eigenvalue weighted by molar-refractivity contribution is 7.14. The van der Waals surface area contributed by atoms with Gasteiger partial charge in [-0.05, 0) is 48.2 Å². The van der Waals surface area contributed by atoms with Crippen molar-refractivity contribution in [1.29, 1.82) is 0 Å². The molecule has 0 fully saturated rings. The number of nitrogens with zero attached hydrogens (tertiary/aromatic N) is 1. The molecule has 29 heavy (non-hydrogen) atoms. The minimum absolute atomic E-state index is 0.116. The predicted octanol–water partition coefficient (Wildman–Crippen LogP) is 5.41. The zero-order chi connectivity index (χ0) is 21.0. The van der Waals surface area contributed by atoms with Crippen molar-refractivity contribution >= 4 is 22.4 Å². The zero-order valence-electron chi connectivity index (χ0n) is 16.8. The minimum atomic E-state index is -0.462. The molecule has 0 spiro atoms. The van der Waals surface area contributed by atoms with Gasteiger partial charge in [0.2, 0.25) is 0 Å². The molecule has 0 radical (unpaired) electrons. The number of nitrogens with one attached hydrogen (secondary N) is 1. The number of carbonyl (C=O) groups is 1. The van der Waals surface area contributed by atoms with Gasteiger partial charge in [0.25, 0.3) is 5.91 Å². The normalized spacial score (nSPS) is 10.8. The number of benzene rings is 2. The van der Waals surface area contributed by atoms with Gasteiger partial charge in [-0.3, -0.25) is 10.1 Å². The summed E-state index contributed by atoms with van der Waals surface area (Å²) in [6.07, 6.45) is 0. The van der Waals surface area contributed by atoms with Crippen molar-refractivity contribution < 1.29 is 18.7 Å².